The SMILES string of the molecule is CC1CN(C(=O)C2CCN(C(=O)C(F)(F)F)CC2)CC(C)N1C. The number of carbonyl (C=O) groups excluding carboxylic acids is 2. The minimum atomic E-state index is -4.83. The maximum atomic E-state index is 12.6. The topological polar surface area (TPSA) is 43.9 Å². The van der Waals surface area contributed by atoms with Crippen LogP contribution < -0.4 is 0 Å². The number of hydrogen-bond donors (Lipinski definition) is 0. The number of carbonyl (C=O) groups is 2. The summed E-state index contributed by atoms with van der Waals surface area (Å²) in [6, 6.07) is 0.518. The molecule has 2 atom stereocenters. The van der Waals surface area contributed by atoms with Crippen molar-refractivity contribution < 1.29 is 22.8 Å². The van der Waals surface area contributed by atoms with Crippen LogP contribution in [0.4, 0.5) is 13.2 Å². The third kappa shape index (κ3) is 3.97. The second-order valence-corrected chi connectivity index (χ2v) is 6.67. The van der Waals surface area contributed by atoms with Crippen molar-refractivity contribution in [1.29, 1.82) is 0 Å². The zero-order chi connectivity index (χ0) is 17.4. The lowest BCUT2D eigenvalue weighted by atomic mass is 9.94. The first kappa shape index (κ1) is 18.0. The van der Waals surface area contributed by atoms with Crippen LogP contribution in [0.2, 0.25) is 0 Å². The van der Waals surface area contributed by atoms with Crippen molar-refractivity contribution in [3.8, 4) is 0 Å². The van der Waals surface area contributed by atoms with Crippen LogP contribution in [0.15, 0.2) is 0 Å². The van der Waals surface area contributed by atoms with Crippen molar-refractivity contribution in [2.24, 2.45) is 5.92 Å². The van der Waals surface area contributed by atoms with Gasteiger partial charge in [-0.3, -0.25) is 14.5 Å². The van der Waals surface area contributed by atoms with E-state index < -0.39 is 12.1 Å². The van der Waals surface area contributed by atoms with Gasteiger partial charge in [0, 0.05) is 44.2 Å². The summed E-state index contributed by atoms with van der Waals surface area (Å²) in [7, 11) is 2.03. The Morgan fingerprint density at radius 1 is 0.957 bits per heavy atom. The van der Waals surface area contributed by atoms with E-state index in [0.29, 0.717) is 25.9 Å². The Hall–Kier alpha value is -1.31. The van der Waals surface area contributed by atoms with Crippen LogP contribution in [-0.2, 0) is 9.59 Å². The number of piperazine rings is 1. The average molecular weight is 335 g/mol. The maximum absolute atomic E-state index is 12.6. The Balaban J connectivity index is 1.90. The molecule has 8 heteroatoms. The minimum absolute atomic E-state index is 0.00635. The zero-order valence-electron chi connectivity index (χ0n) is 13.8. The molecule has 0 aromatic carbocycles. The smallest absolute Gasteiger partial charge is 0.339 e. The van der Waals surface area contributed by atoms with Gasteiger partial charge >= 0.3 is 12.1 Å². The summed E-state index contributed by atoms with van der Waals surface area (Å²) in [5.41, 5.74) is 0. The molecule has 0 radical (unpaired) electrons. The highest BCUT2D eigenvalue weighted by molar-refractivity contribution is 5.83. The van der Waals surface area contributed by atoms with Crippen molar-refractivity contribution in [1.82, 2.24) is 14.7 Å². The van der Waals surface area contributed by atoms with E-state index in [-0.39, 0.29) is 37.0 Å². The van der Waals surface area contributed by atoms with Gasteiger partial charge < -0.3 is 9.80 Å². The number of rotatable bonds is 1. The Morgan fingerprint density at radius 3 is 1.87 bits per heavy atom. The van der Waals surface area contributed by atoms with Gasteiger partial charge in [0.2, 0.25) is 5.91 Å². The van der Waals surface area contributed by atoms with Crippen LogP contribution in [0.3, 0.4) is 0 Å². The summed E-state index contributed by atoms with van der Waals surface area (Å²) in [6.45, 7) is 5.38. The van der Waals surface area contributed by atoms with Crippen molar-refractivity contribution >= 4 is 11.8 Å². The summed E-state index contributed by atoms with van der Waals surface area (Å²) in [5.74, 6) is -2.07. The lowest BCUT2D eigenvalue weighted by molar-refractivity contribution is -0.187. The fourth-order valence-electron chi connectivity index (χ4n) is 3.35. The van der Waals surface area contributed by atoms with Crippen LogP contribution in [-0.4, -0.2) is 78.0 Å². The normalized spacial score (nSPS) is 28.1. The van der Waals surface area contributed by atoms with Gasteiger partial charge in [-0.05, 0) is 33.7 Å². The van der Waals surface area contributed by atoms with Crippen LogP contribution >= 0.6 is 0 Å². The Labute approximate surface area is 134 Å². The lowest BCUT2D eigenvalue weighted by Crippen LogP contribution is -2.58. The van der Waals surface area contributed by atoms with E-state index >= 15 is 0 Å². The molecule has 2 saturated heterocycles. The molecule has 0 saturated carbocycles. The van der Waals surface area contributed by atoms with Crippen molar-refractivity contribution in [2.45, 2.75) is 44.9 Å². The van der Waals surface area contributed by atoms with Gasteiger partial charge in [-0.25, -0.2) is 0 Å². The number of amides is 2. The maximum Gasteiger partial charge on any atom is 0.471 e. The van der Waals surface area contributed by atoms with E-state index in [9.17, 15) is 22.8 Å². The summed E-state index contributed by atoms with van der Waals surface area (Å²) in [6.07, 6.45) is -4.23. The van der Waals surface area contributed by atoms with Gasteiger partial charge in [0.25, 0.3) is 0 Å². The lowest BCUT2D eigenvalue weighted by Gasteiger charge is -2.44. The molecule has 2 aliphatic heterocycles. The standard InChI is InChI=1S/C15H24F3N3O2/c1-10-8-21(9-11(2)19(10)3)13(22)12-4-6-20(7-5-12)14(23)15(16,17)18/h10-12H,4-9H2,1-3H3. The summed E-state index contributed by atoms with van der Waals surface area (Å²) in [5, 5.41) is 0. The van der Waals surface area contributed by atoms with Gasteiger partial charge in [-0.2, -0.15) is 13.2 Å². The van der Waals surface area contributed by atoms with E-state index in [1.807, 2.05) is 11.9 Å². The van der Waals surface area contributed by atoms with Gasteiger partial charge in [-0.1, -0.05) is 0 Å². The number of nitrogens with zero attached hydrogens (tertiary/aromatic N) is 3. The van der Waals surface area contributed by atoms with E-state index in [0.717, 1.165) is 4.90 Å². The average Bonchev–Trinajstić information content (AvgIpc) is 2.50. The second-order valence-electron chi connectivity index (χ2n) is 6.67. The molecule has 2 amide bonds. The molecule has 2 heterocycles. The summed E-state index contributed by atoms with van der Waals surface area (Å²) >= 11 is 0. The predicted molar refractivity (Wildman–Crippen MR) is 78.6 cm³/mol. The number of piperidine rings is 1. The van der Waals surface area contributed by atoms with Crippen molar-refractivity contribution in [3.05, 3.63) is 0 Å². The molecular weight excluding hydrogens is 311 g/mol. The highest BCUT2D eigenvalue weighted by Gasteiger charge is 2.44. The molecule has 0 aromatic heterocycles. The first-order valence-electron chi connectivity index (χ1n) is 7.98. The molecule has 5 nitrogen and oxygen atoms in total. The molecule has 2 aliphatic rings. The number of alkyl halides is 3. The molecule has 0 spiro atoms. The number of halogens is 3. The summed E-state index contributed by atoms with van der Waals surface area (Å²) < 4.78 is 37.3. The minimum Gasteiger partial charge on any atom is -0.339 e. The predicted octanol–water partition coefficient (Wildman–Crippen LogP) is 1.34. The van der Waals surface area contributed by atoms with E-state index in [2.05, 4.69) is 18.7 Å². The monoisotopic (exact) mass is 335 g/mol. The molecule has 0 aromatic rings. The van der Waals surface area contributed by atoms with Crippen molar-refractivity contribution in [2.75, 3.05) is 33.2 Å². The van der Waals surface area contributed by atoms with Crippen LogP contribution in [0.25, 0.3) is 0 Å². The molecule has 0 N–H and O–H groups in total. The van der Waals surface area contributed by atoms with Crippen LogP contribution in [0.5, 0.6) is 0 Å². The summed E-state index contributed by atoms with van der Waals surface area (Å²) in [4.78, 5) is 28.7. The molecule has 132 valence electrons. The van der Waals surface area contributed by atoms with Crippen LogP contribution in [0, 0.1) is 5.92 Å². The zero-order valence-corrected chi connectivity index (χ0v) is 13.8. The van der Waals surface area contributed by atoms with Crippen LogP contribution in [0.1, 0.15) is 26.7 Å². The van der Waals surface area contributed by atoms with Crippen molar-refractivity contribution in [3.63, 3.8) is 0 Å². The van der Waals surface area contributed by atoms with E-state index in [1.165, 1.54) is 0 Å². The fourth-order valence-corrected chi connectivity index (χ4v) is 3.35. The van der Waals surface area contributed by atoms with E-state index in [1.54, 1.807) is 0 Å². The first-order chi connectivity index (χ1) is 10.6. The number of likely N-dealkylation sites (N-methyl/N-ethyl adjacent to an activating group) is 1. The Kier molecular flexibility index (Phi) is 5.23. The van der Waals surface area contributed by atoms with Gasteiger partial charge in [-0.15, -0.1) is 0 Å². The Morgan fingerprint density at radius 2 is 1.43 bits per heavy atom. The van der Waals surface area contributed by atoms with Gasteiger partial charge in [0.1, 0.15) is 0 Å². The number of likely N-dealkylation sites (tertiary alicyclic amines) is 1. The molecule has 0 aliphatic carbocycles. The molecule has 23 heavy (non-hydrogen) atoms. The quantitative estimate of drug-likeness (QED) is 0.726. The fraction of sp³-hybridized carbons (Fsp3) is 0.867. The third-order valence-electron chi connectivity index (χ3n) is 5.05. The molecular formula is C15H24F3N3O2. The highest BCUT2D eigenvalue weighted by Crippen LogP contribution is 2.26. The molecule has 2 fully saturated rings. The Bertz CT molecular complexity index is 449. The highest BCUT2D eigenvalue weighted by atomic mass is 19.4. The van der Waals surface area contributed by atoms with Gasteiger partial charge in [0.15, 0.2) is 0 Å². The van der Waals surface area contributed by atoms with E-state index in [4.69, 9.17) is 0 Å². The third-order valence-corrected chi connectivity index (χ3v) is 5.05. The van der Waals surface area contributed by atoms with Gasteiger partial charge in [0.05, 0.1) is 0 Å². The molecule has 0 bridgehead atoms. The second kappa shape index (κ2) is 6.67. The molecule has 2 rings (SSSR count). The number of hydrogen-bond acceptors (Lipinski definition) is 3. The molecule has 2 unspecified atom stereocenters. The first-order valence-corrected chi connectivity index (χ1v) is 7.98. The largest absolute Gasteiger partial charge is 0.471 e.